The van der Waals surface area contributed by atoms with Gasteiger partial charge in [-0.25, -0.2) is 4.98 Å². The molecule has 198 valence electrons. The molecule has 6 unspecified atom stereocenters. The van der Waals surface area contributed by atoms with Crippen molar-refractivity contribution in [2.45, 2.75) is 64.2 Å². The van der Waals surface area contributed by atoms with Crippen LogP contribution in [0.1, 0.15) is 52.0 Å². The maximum atomic E-state index is 13.6. The van der Waals surface area contributed by atoms with Crippen LogP contribution in [0, 0.1) is 29.1 Å². The summed E-state index contributed by atoms with van der Waals surface area (Å²) in [5.41, 5.74) is -2.17. The molecule has 1 saturated heterocycles. The van der Waals surface area contributed by atoms with Crippen LogP contribution in [0.3, 0.4) is 0 Å². The zero-order valence-electron chi connectivity index (χ0n) is 21.0. The predicted octanol–water partition coefficient (Wildman–Crippen LogP) is 3.64. The Labute approximate surface area is 209 Å². The van der Waals surface area contributed by atoms with Crippen LogP contribution in [-0.4, -0.2) is 64.6 Å². The summed E-state index contributed by atoms with van der Waals surface area (Å²) in [6.45, 7) is 8.16. The van der Waals surface area contributed by atoms with Crippen LogP contribution in [0.5, 0.6) is 0 Å². The second-order valence-electron chi connectivity index (χ2n) is 11.9. The van der Waals surface area contributed by atoms with Crippen LogP contribution in [0.15, 0.2) is 18.3 Å². The van der Waals surface area contributed by atoms with Gasteiger partial charge in [-0.3, -0.25) is 14.5 Å². The van der Waals surface area contributed by atoms with Gasteiger partial charge in [0.2, 0.25) is 5.91 Å². The summed E-state index contributed by atoms with van der Waals surface area (Å²) in [6, 6.07) is 2.45. The number of nitrogens with zero attached hydrogens (tertiary/aromatic N) is 3. The molecule has 4 bridgehead atoms. The Morgan fingerprint density at radius 1 is 1.11 bits per heavy atom. The van der Waals surface area contributed by atoms with Gasteiger partial charge in [-0.05, 0) is 75.3 Å². The van der Waals surface area contributed by atoms with Gasteiger partial charge in [0.1, 0.15) is 5.82 Å². The Morgan fingerprint density at radius 3 is 2.39 bits per heavy atom. The average Bonchev–Trinajstić information content (AvgIpc) is 2.83. The number of carbonyl (C=O) groups is 2. The molecule has 2 N–H and O–H groups in total. The fraction of sp³-hybridized carbons (Fsp3) is 0.731. The summed E-state index contributed by atoms with van der Waals surface area (Å²) >= 11 is 0. The number of hydrogen-bond donors (Lipinski definition) is 2. The lowest BCUT2D eigenvalue weighted by Crippen LogP contribution is -2.68. The first-order valence-electron chi connectivity index (χ1n) is 12.9. The van der Waals surface area contributed by atoms with Crippen molar-refractivity contribution in [3.8, 4) is 0 Å². The number of amides is 1. The van der Waals surface area contributed by atoms with Crippen molar-refractivity contribution >= 4 is 17.7 Å². The molecule has 4 aliphatic carbocycles. The topological polar surface area (TPSA) is 85.8 Å². The Hall–Kier alpha value is -2.36. The van der Waals surface area contributed by atoms with Gasteiger partial charge in [0.05, 0.1) is 16.5 Å². The average molecular weight is 509 g/mol. The number of aromatic nitrogens is 1. The highest BCUT2D eigenvalue weighted by molar-refractivity contribution is 5.86. The fourth-order valence-corrected chi connectivity index (χ4v) is 7.59. The van der Waals surface area contributed by atoms with Gasteiger partial charge in [0, 0.05) is 38.4 Å². The third-order valence-corrected chi connectivity index (χ3v) is 9.75. The number of hydrogen-bond acceptors (Lipinski definition) is 5. The van der Waals surface area contributed by atoms with E-state index in [4.69, 9.17) is 0 Å². The highest BCUT2D eigenvalue weighted by Gasteiger charge is 2.63. The van der Waals surface area contributed by atoms with Crippen LogP contribution in [-0.2, 0) is 15.8 Å². The second kappa shape index (κ2) is 8.60. The number of rotatable bonds is 5. The van der Waals surface area contributed by atoms with Crippen LogP contribution in [0.4, 0.5) is 19.0 Å². The van der Waals surface area contributed by atoms with Crippen molar-refractivity contribution in [1.29, 1.82) is 0 Å². The molecular formula is C26H35F3N4O3. The quantitative estimate of drug-likeness (QED) is 0.632. The number of alkyl halides is 3. The largest absolute Gasteiger partial charge is 0.481 e. The summed E-state index contributed by atoms with van der Waals surface area (Å²) < 4.78 is 38.5. The third kappa shape index (κ3) is 4.05. The van der Waals surface area contributed by atoms with Crippen molar-refractivity contribution in [3.63, 3.8) is 0 Å². The number of halogens is 3. The molecule has 0 spiro atoms. The molecule has 0 aromatic carbocycles. The van der Waals surface area contributed by atoms with Gasteiger partial charge in [-0.2, -0.15) is 13.2 Å². The number of carboxylic acids is 1. The van der Waals surface area contributed by atoms with Crippen LogP contribution in [0.25, 0.3) is 0 Å². The van der Waals surface area contributed by atoms with Crippen LogP contribution >= 0.6 is 0 Å². The van der Waals surface area contributed by atoms with Gasteiger partial charge < -0.3 is 15.3 Å². The molecule has 10 heteroatoms. The number of aliphatic carboxylic acids is 1. The van der Waals surface area contributed by atoms with E-state index in [1.807, 2.05) is 18.7 Å². The van der Waals surface area contributed by atoms with E-state index in [0.717, 1.165) is 31.5 Å². The molecule has 1 aromatic rings. The number of pyridine rings is 1. The fourth-order valence-electron chi connectivity index (χ4n) is 7.59. The van der Waals surface area contributed by atoms with Crippen molar-refractivity contribution in [3.05, 3.63) is 23.9 Å². The molecule has 36 heavy (non-hydrogen) atoms. The second-order valence-corrected chi connectivity index (χ2v) is 11.9. The molecule has 5 fully saturated rings. The first-order valence-corrected chi connectivity index (χ1v) is 12.9. The third-order valence-electron chi connectivity index (χ3n) is 9.75. The van der Waals surface area contributed by atoms with E-state index in [9.17, 15) is 27.9 Å². The molecule has 1 aliphatic heterocycles. The number of nitrogens with one attached hydrogen (secondary N) is 1. The van der Waals surface area contributed by atoms with E-state index >= 15 is 0 Å². The van der Waals surface area contributed by atoms with Gasteiger partial charge >= 0.3 is 12.1 Å². The maximum Gasteiger partial charge on any atom is 0.417 e. The van der Waals surface area contributed by atoms with Crippen molar-refractivity contribution in [2.75, 3.05) is 31.1 Å². The minimum absolute atomic E-state index is 0.00781. The predicted molar refractivity (Wildman–Crippen MR) is 127 cm³/mol. The zero-order valence-corrected chi connectivity index (χ0v) is 21.0. The Kier molecular flexibility index (Phi) is 6.04. The van der Waals surface area contributed by atoms with E-state index < -0.39 is 28.7 Å². The molecule has 7 nitrogen and oxygen atoms in total. The lowest BCUT2D eigenvalue weighted by atomic mass is 9.44. The number of carboxylic acid groups (broad SMARTS) is 1. The Morgan fingerprint density at radius 2 is 1.81 bits per heavy atom. The monoisotopic (exact) mass is 508 g/mol. The van der Waals surface area contributed by atoms with Crippen molar-refractivity contribution in [1.82, 2.24) is 15.2 Å². The van der Waals surface area contributed by atoms with Gasteiger partial charge in [-0.1, -0.05) is 6.92 Å². The number of carbonyl (C=O) groups excluding carboxylic acids is 1. The number of anilines is 1. The van der Waals surface area contributed by atoms with Crippen LogP contribution < -0.4 is 10.2 Å². The first-order chi connectivity index (χ1) is 16.8. The molecule has 4 saturated carbocycles. The van der Waals surface area contributed by atoms with Crippen LogP contribution in [0.2, 0.25) is 0 Å². The SMILES string of the molecule is CC1C2CC3CC(CC1(C(=O)O)C3)C2NC(=O)C(C)(C)N1CCN(c2ccc(C(F)(F)F)cn2)CC1. The summed E-state index contributed by atoms with van der Waals surface area (Å²) in [5.74, 6) is 0.648. The molecule has 6 atom stereocenters. The van der Waals surface area contributed by atoms with Gasteiger partial charge in [-0.15, -0.1) is 0 Å². The van der Waals surface area contributed by atoms with Crippen molar-refractivity contribution in [2.24, 2.45) is 29.1 Å². The normalized spacial score (nSPS) is 34.6. The van der Waals surface area contributed by atoms with E-state index in [0.29, 0.717) is 44.3 Å². The van der Waals surface area contributed by atoms with E-state index in [1.165, 1.54) is 6.07 Å². The minimum Gasteiger partial charge on any atom is -0.481 e. The smallest absolute Gasteiger partial charge is 0.417 e. The lowest BCUT2D eigenvalue weighted by molar-refractivity contribution is -0.181. The standard InChI is InChI=1S/C26H35F3N4O3/c1-15-19-11-16-10-17(13-25(15,12-16)23(35)36)21(19)31-22(34)24(2,3)33-8-6-32(7-9-33)20-5-4-18(14-30-20)26(27,28)29/h4-5,14-17,19,21H,6-13H2,1-3H3,(H,31,34)(H,35,36). The highest BCUT2D eigenvalue weighted by Crippen LogP contribution is 2.62. The van der Waals surface area contributed by atoms with E-state index in [1.54, 1.807) is 0 Å². The van der Waals surface area contributed by atoms with Gasteiger partial charge in [0.25, 0.3) is 0 Å². The van der Waals surface area contributed by atoms with Crippen molar-refractivity contribution < 1.29 is 27.9 Å². The Bertz CT molecular complexity index is 1020. The summed E-state index contributed by atoms with van der Waals surface area (Å²) in [4.78, 5) is 33.8. The minimum atomic E-state index is -4.41. The molecular weight excluding hydrogens is 473 g/mol. The molecule has 5 aliphatic rings. The highest BCUT2D eigenvalue weighted by atomic mass is 19.4. The first kappa shape index (κ1) is 25.3. The maximum absolute atomic E-state index is 13.6. The Balaban J connectivity index is 1.21. The lowest BCUT2D eigenvalue weighted by Gasteiger charge is -2.62. The molecule has 0 radical (unpaired) electrons. The molecule has 1 amide bonds. The van der Waals surface area contributed by atoms with Gasteiger partial charge in [0.15, 0.2) is 0 Å². The zero-order chi connectivity index (χ0) is 26.0. The summed E-state index contributed by atoms with van der Waals surface area (Å²) in [6.07, 6.45) is -0.175. The summed E-state index contributed by atoms with van der Waals surface area (Å²) in [5, 5.41) is 13.4. The molecule has 2 heterocycles. The molecule has 1 aromatic heterocycles. The number of piperazine rings is 1. The summed E-state index contributed by atoms with van der Waals surface area (Å²) in [7, 11) is 0. The van der Waals surface area contributed by atoms with E-state index in [-0.39, 0.29) is 29.7 Å². The van der Waals surface area contributed by atoms with E-state index in [2.05, 4.69) is 22.1 Å². The molecule has 6 rings (SSSR count).